The summed E-state index contributed by atoms with van der Waals surface area (Å²) in [5, 5.41) is 13.0. The minimum absolute atomic E-state index is 0.0484. The van der Waals surface area contributed by atoms with Crippen LogP contribution in [-0.4, -0.2) is 46.6 Å². The fourth-order valence-electron chi connectivity index (χ4n) is 3.23. The molecule has 5 nitrogen and oxygen atoms in total. The van der Waals surface area contributed by atoms with Crippen molar-refractivity contribution in [3.05, 3.63) is 59.4 Å². The first kappa shape index (κ1) is 17.4. The van der Waals surface area contributed by atoms with E-state index < -0.39 is 0 Å². The number of phenolic OH excluding ortho intramolecular Hbond substituents is 1. The SMILES string of the molecule is Cc1ccc(C(=O)NC2CCN(CCc3ccncc3)CC2)c(O)c1. The zero-order chi connectivity index (χ0) is 17.6. The predicted molar refractivity (Wildman–Crippen MR) is 97.7 cm³/mol. The zero-order valence-corrected chi connectivity index (χ0v) is 14.6. The van der Waals surface area contributed by atoms with Gasteiger partial charge in [0.1, 0.15) is 5.75 Å². The van der Waals surface area contributed by atoms with Gasteiger partial charge in [0, 0.05) is 38.1 Å². The van der Waals surface area contributed by atoms with E-state index in [2.05, 4.69) is 27.3 Å². The number of rotatable bonds is 5. The largest absolute Gasteiger partial charge is 0.507 e. The molecule has 1 aliphatic heterocycles. The number of aromatic nitrogens is 1. The predicted octanol–water partition coefficient (Wildman–Crippen LogP) is 2.53. The number of nitrogens with zero attached hydrogens (tertiary/aromatic N) is 2. The molecule has 3 rings (SSSR count). The average molecular weight is 339 g/mol. The van der Waals surface area contributed by atoms with Crippen molar-refractivity contribution in [3.8, 4) is 5.75 Å². The van der Waals surface area contributed by atoms with Gasteiger partial charge in [0.2, 0.25) is 0 Å². The lowest BCUT2D eigenvalue weighted by atomic mass is 10.0. The van der Waals surface area contributed by atoms with Crippen LogP contribution < -0.4 is 5.32 Å². The van der Waals surface area contributed by atoms with Gasteiger partial charge in [0.25, 0.3) is 5.91 Å². The monoisotopic (exact) mass is 339 g/mol. The van der Waals surface area contributed by atoms with E-state index >= 15 is 0 Å². The number of phenols is 1. The maximum Gasteiger partial charge on any atom is 0.255 e. The standard InChI is InChI=1S/C20H25N3O2/c1-15-2-3-18(19(24)14-15)20(25)22-17-7-12-23(13-8-17)11-6-16-4-9-21-10-5-16/h2-5,9-10,14,17,24H,6-8,11-13H2,1H3,(H,22,25). The fourth-order valence-corrected chi connectivity index (χ4v) is 3.23. The molecule has 2 heterocycles. The third-order valence-electron chi connectivity index (χ3n) is 4.79. The van der Waals surface area contributed by atoms with E-state index in [9.17, 15) is 9.90 Å². The molecule has 0 spiro atoms. The highest BCUT2D eigenvalue weighted by molar-refractivity contribution is 5.97. The van der Waals surface area contributed by atoms with E-state index in [0.29, 0.717) is 5.56 Å². The smallest absolute Gasteiger partial charge is 0.255 e. The summed E-state index contributed by atoms with van der Waals surface area (Å²) in [7, 11) is 0. The Hall–Kier alpha value is -2.40. The average Bonchev–Trinajstić information content (AvgIpc) is 2.62. The van der Waals surface area contributed by atoms with Crippen molar-refractivity contribution in [1.82, 2.24) is 15.2 Å². The Balaban J connectivity index is 1.45. The maximum atomic E-state index is 12.3. The summed E-state index contributed by atoms with van der Waals surface area (Å²) in [5.74, 6) is -0.139. The molecule has 132 valence electrons. The highest BCUT2D eigenvalue weighted by atomic mass is 16.3. The number of hydrogen-bond donors (Lipinski definition) is 2. The van der Waals surface area contributed by atoms with Crippen LogP contribution in [0.4, 0.5) is 0 Å². The van der Waals surface area contributed by atoms with Crippen LogP contribution in [0.5, 0.6) is 5.75 Å². The Morgan fingerprint density at radius 2 is 1.96 bits per heavy atom. The quantitative estimate of drug-likeness (QED) is 0.878. The minimum Gasteiger partial charge on any atom is -0.507 e. The van der Waals surface area contributed by atoms with Crippen LogP contribution in [0.15, 0.2) is 42.7 Å². The number of carbonyl (C=O) groups is 1. The lowest BCUT2D eigenvalue weighted by molar-refractivity contribution is 0.0909. The number of aryl methyl sites for hydroxylation is 1. The van der Waals surface area contributed by atoms with Crippen molar-refractivity contribution >= 4 is 5.91 Å². The summed E-state index contributed by atoms with van der Waals surface area (Å²) in [6.45, 7) is 4.89. The Kier molecular flexibility index (Phi) is 5.66. The van der Waals surface area contributed by atoms with Crippen molar-refractivity contribution in [2.45, 2.75) is 32.2 Å². The van der Waals surface area contributed by atoms with Crippen LogP contribution in [0.2, 0.25) is 0 Å². The van der Waals surface area contributed by atoms with Gasteiger partial charge in [-0.1, -0.05) is 6.07 Å². The second-order valence-electron chi connectivity index (χ2n) is 6.72. The van der Waals surface area contributed by atoms with E-state index in [1.807, 2.05) is 25.4 Å². The number of nitrogens with one attached hydrogen (secondary N) is 1. The highest BCUT2D eigenvalue weighted by Gasteiger charge is 2.22. The second kappa shape index (κ2) is 8.12. The lowest BCUT2D eigenvalue weighted by Crippen LogP contribution is -2.45. The van der Waals surface area contributed by atoms with Gasteiger partial charge in [-0.3, -0.25) is 9.78 Å². The van der Waals surface area contributed by atoms with Gasteiger partial charge in [-0.2, -0.15) is 0 Å². The van der Waals surface area contributed by atoms with Crippen molar-refractivity contribution in [2.75, 3.05) is 19.6 Å². The number of amides is 1. The van der Waals surface area contributed by atoms with Gasteiger partial charge in [0.15, 0.2) is 0 Å². The fraction of sp³-hybridized carbons (Fsp3) is 0.400. The maximum absolute atomic E-state index is 12.3. The van der Waals surface area contributed by atoms with E-state index in [1.54, 1.807) is 12.1 Å². The van der Waals surface area contributed by atoms with Crippen LogP contribution in [0.1, 0.15) is 34.3 Å². The third-order valence-corrected chi connectivity index (χ3v) is 4.79. The van der Waals surface area contributed by atoms with Crippen LogP contribution in [0.25, 0.3) is 0 Å². The van der Waals surface area contributed by atoms with Gasteiger partial charge < -0.3 is 15.3 Å². The topological polar surface area (TPSA) is 65.5 Å². The lowest BCUT2D eigenvalue weighted by Gasteiger charge is -2.32. The number of pyridine rings is 1. The summed E-state index contributed by atoms with van der Waals surface area (Å²) in [5.41, 5.74) is 2.60. The van der Waals surface area contributed by atoms with E-state index in [4.69, 9.17) is 0 Å². The van der Waals surface area contributed by atoms with Gasteiger partial charge in [-0.15, -0.1) is 0 Å². The molecule has 5 heteroatoms. The van der Waals surface area contributed by atoms with Crippen molar-refractivity contribution in [3.63, 3.8) is 0 Å². The molecule has 0 bridgehead atoms. The normalized spacial score (nSPS) is 15.9. The molecule has 0 saturated carbocycles. The Labute approximate surface area is 148 Å². The highest BCUT2D eigenvalue weighted by Crippen LogP contribution is 2.19. The number of carbonyl (C=O) groups excluding carboxylic acids is 1. The number of aromatic hydroxyl groups is 1. The summed E-state index contributed by atoms with van der Waals surface area (Å²) in [4.78, 5) is 18.8. The molecule has 0 atom stereocenters. The molecule has 2 aromatic rings. The molecule has 1 aliphatic rings. The Morgan fingerprint density at radius 3 is 2.64 bits per heavy atom. The minimum atomic E-state index is -0.187. The molecule has 0 radical (unpaired) electrons. The molecule has 1 saturated heterocycles. The zero-order valence-electron chi connectivity index (χ0n) is 14.6. The first-order chi connectivity index (χ1) is 12.1. The van der Waals surface area contributed by atoms with Gasteiger partial charge >= 0.3 is 0 Å². The molecule has 0 unspecified atom stereocenters. The Bertz CT molecular complexity index is 710. The van der Waals surface area contributed by atoms with Crippen LogP contribution in [0, 0.1) is 6.92 Å². The Morgan fingerprint density at radius 1 is 1.24 bits per heavy atom. The summed E-state index contributed by atoms with van der Waals surface area (Å²) in [6, 6.07) is 9.43. The second-order valence-corrected chi connectivity index (χ2v) is 6.72. The van der Waals surface area contributed by atoms with E-state index in [0.717, 1.165) is 44.5 Å². The third kappa shape index (κ3) is 4.79. The molecule has 1 fully saturated rings. The molecule has 1 aromatic carbocycles. The number of likely N-dealkylation sites (tertiary alicyclic amines) is 1. The van der Waals surface area contributed by atoms with Crippen LogP contribution in [0.3, 0.4) is 0 Å². The molecule has 1 amide bonds. The van der Waals surface area contributed by atoms with E-state index in [-0.39, 0.29) is 17.7 Å². The van der Waals surface area contributed by atoms with Crippen molar-refractivity contribution in [1.29, 1.82) is 0 Å². The van der Waals surface area contributed by atoms with E-state index in [1.165, 1.54) is 5.56 Å². The molecule has 25 heavy (non-hydrogen) atoms. The summed E-state index contributed by atoms with van der Waals surface area (Å²) in [6.07, 6.45) is 6.56. The first-order valence-electron chi connectivity index (χ1n) is 8.83. The summed E-state index contributed by atoms with van der Waals surface area (Å²) < 4.78 is 0. The molecule has 0 aliphatic carbocycles. The number of benzene rings is 1. The molecule has 1 aromatic heterocycles. The van der Waals surface area contributed by atoms with Gasteiger partial charge in [0.05, 0.1) is 5.56 Å². The number of piperidine rings is 1. The van der Waals surface area contributed by atoms with Crippen LogP contribution >= 0.6 is 0 Å². The van der Waals surface area contributed by atoms with Crippen molar-refractivity contribution < 1.29 is 9.90 Å². The van der Waals surface area contributed by atoms with Crippen molar-refractivity contribution in [2.24, 2.45) is 0 Å². The molecular formula is C20H25N3O2. The molecular weight excluding hydrogens is 314 g/mol. The van der Waals surface area contributed by atoms with Gasteiger partial charge in [-0.25, -0.2) is 0 Å². The number of hydrogen-bond acceptors (Lipinski definition) is 4. The first-order valence-corrected chi connectivity index (χ1v) is 8.83. The van der Waals surface area contributed by atoms with Crippen LogP contribution in [-0.2, 0) is 6.42 Å². The van der Waals surface area contributed by atoms with Gasteiger partial charge in [-0.05, 0) is 61.6 Å². The molecule has 2 N–H and O–H groups in total. The summed E-state index contributed by atoms with van der Waals surface area (Å²) >= 11 is 0.